The Kier molecular flexibility index (Phi) is 2.20. The van der Waals surface area contributed by atoms with Gasteiger partial charge < -0.3 is 15.0 Å². The molecule has 1 aromatic carbocycles. The van der Waals surface area contributed by atoms with Gasteiger partial charge in [-0.25, -0.2) is 4.79 Å². The minimum Gasteiger partial charge on any atom is -0.491 e. The van der Waals surface area contributed by atoms with Crippen molar-refractivity contribution in [2.45, 2.75) is 12.5 Å². The van der Waals surface area contributed by atoms with E-state index in [1.807, 2.05) is 29.2 Å². The molecule has 3 rings (SSSR count). The topological polar surface area (TPSA) is 41.6 Å². The van der Waals surface area contributed by atoms with Crippen molar-refractivity contribution in [1.29, 1.82) is 0 Å². The smallest absolute Gasteiger partial charge is 0.318 e. The largest absolute Gasteiger partial charge is 0.491 e. The molecule has 1 unspecified atom stereocenters. The van der Waals surface area contributed by atoms with Crippen LogP contribution in [0.15, 0.2) is 24.3 Å². The maximum absolute atomic E-state index is 11.8. The Bertz CT molecular complexity index is 419. The van der Waals surface area contributed by atoms with Crippen LogP contribution in [-0.4, -0.2) is 30.6 Å². The van der Waals surface area contributed by atoms with E-state index >= 15 is 0 Å². The van der Waals surface area contributed by atoms with Gasteiger partial charge in [-0.15, -0.1) is 0 Å². The number of nitrogens with zero attached hydrogens (tertiary/aromatic N) is 1. The lowest BCUT2D eigenvalue weighted by molar-refractivity contribution is 0.147. The van der Waals surface area contributed by atoms with Gasteiger partial charge >= 0.3 is 6.03 Å². The molecule has 0 radical (unpaired) electrons. The highest BCUT2D eigenvalue weighted by molar-refractivity contribution is 5.75. The van der Waals surface area contributed by atoms with Gasteiger partial charge in [0, 0.05) is 18.7 Å². The quantitative estimate of drug-likeness (QED) is 0.776. The van der Waals surface area contributed by atoms with E-state index in [0.717, 1.165) is 30.8 Å². The van der Waals surface area contributed by atoms with Crippen LogP contribution in [0.4, 0.5) is 4.79 Å². The van der Waals surface area contributed by atoms with E-state index in [-0.39, 0.29) is 12.1 Å². The summed E-state index contributed by atoms with van der Waals surface area (Å²) in [5, 5.41) is 2.87. The summed E-state index contributed by atoms with van der Waals surface area (Å²) in [5.41, 5.74) is 1.12. The van der Waals surface area contributed by atoms with Crippen LogP contribution in [-0.2, 0) is 0 Å². The van der Waals surface area contributed by atoms with Crippen LogP contribution < -0.4 is 10.1 Å². The standard InChI is InChI=1S/C12H14N2O2/c15-12-13-6-3-7-14(12)10-8-16-11-5-2-1-4-9(10)11/h1-2,4-5,10H,3,6-8H2,(H,13,15). The summed E-state index contributed by atoms with van der Waals surface area (Å²) in [7, 11) is 0. The summed E-state index contributed by atoms with van der Waals surface area (Å²) in [5.74, 6) is 0.908. The highest BCUT2D eigenvalue weighted by Crippen LogP contribution is 2.36. The predicted octanol–water partition coefficient (Wildman–Crippen LogP) is 1.54. The second-order valence-electron chi connectivity index (χ2n) is 4.14. The van der Waals surface area contributed by atoms with Crippen LogP contribution in [0.25, 0.3) is 0 Å². The van der Waals surface area contributed by atoms with Crippen LogP contribution in [0.2, 0.25) is 0 Å². The Labute approximate surface area is 94.2 Å². The summed E-state index contributed by atoms with van der Waals surface area (Å²) in [6.07, 6.45) is 1.00. The Morgan fingerprint density at radius 1 is 1.38 bits per heavy atom. The molecular formula is C12H14N2O2. The van der Waals surface area contributed by atoms with Crippen molar-refractivity contribution in [3.63, 3.8) is 0 Å². The molecule has 1 aromatic rings. The number of urea groups is 1. The van der Waals surface area contributed by atoms with E-state index in [1.165, 1.54) is 0 Å². The lowest BCUT2D eigenvalue weighted by Gasteiger charge is -2.31. The molecule has 0 spiro atoms. The summed E-state index contributed by atoms with van der Waals surface area (Å²) < 4.78 is 5.59. The number of hydrogen-bond acceptors (Lipinski definition) is 2. The average molecular weight is 218 g/mol. The molecule has 2 amide bonds. The van der Waals surface area contributed by atoms with Crippen LogP contribution >= 0.6 is 0 Å². The highest BCUT2D eigenvalue weighted by atomic mass is 16.5. The predicted molar refractivity (Wildman–Crippen MR) is 59.4 cm³/mol. The number of ether oxygens (including phenoxy) is 1. The van der Waals surface area contributed by atoms with Crippen molar-refractivity contribution < 1.29 is 9.53 Å². The molecule has 0 saturated carbocycles. The van der Waals surface area contributed by atoms with E-state index in [4.69, 9.17) is 4.74 Å². The molecule has 0 bridgehead atoms. The lowest BCUT2D eigenvalue weighted by atomic mass is 10.1. The van der Waals surface area contributed by atoms with E-state index < -0.39 is 0 Å². The lowest BCUT2D eigenvalue weighted by Crippen LogP contribution is -2.48. The molecule has 0 aromatic heterocycles. The number of carbonyl (C=O) groups excluding carboxylic acids is 1. The Balaban J connectivity index is 1.89. The molecule has 1 fully saturated rings. The number of nitrogens with one attached hydrogen (secondary N) is 1. The molecule has 16 heavy (non-hydrogen) atoms. The Morgan fingerprint density at radius 3 is 3.12 bits per heavy atom. The minimum atomic E-state index is 0.0246. The van der Waals surface area contributed by atoms with Crippen LogP contribution in [0.3, 0.4) is 0 Å². The number of hydrogen-bond donors (Lipinski definition) is 1. The summed E-state index contributed by atoms with van der Waals surface area (Å²) >= 11 is 0. The zero-order valence-electron chi connectivity index (χ0n) is 8.98. The van der Waals surface area contributed by atoms with Crippen LogP contribution in [0.5, 0.6) is 5.75 Å². The molecule has 1 atom stereocenters. The molecule has 1 N–H and O–H groups in total. The molecule has 2 aliphatic rings. The van der Waals surface area contributed by atoms with E-state index in [1.54, 1.807) is 0 Å². The van der Waals surface area contributed by atoms with Gasteiger partial charge in [0.15, 0.2) is 0 Å². The van der Waals surface area contributed by atoms with Crippen molar-refractivity contribution in [2.24, 2.45) is 0 Å². The number of fused-ring (bicyclic) bond motifs is 1. The van der Waals surface area contributed by atoms with Crippen molar-refractivity contribution in [2.75, 3.05) is 19.7 Å². The number of para-hydroxylation sites is 1. The molecule has 2 heterocycles. The van der Waals surface area contributed by atoms with Crippen molar-refractivity contribution in [3.8, 4) is 5.75 Å². The maximum atomic E-state index is 11.8. The van der Waals surface area contributed by atoms with Gasteiger partial charge in [0.1, 0.15) is 12.4 Å². The van der Waals surface area contributed by atoms with Crippen molar-refractivity contribution >= 4 is 6.03 Å². The fourth-order valence-corrected chi connectivity index (χ4v) is 2.35. The van der Waals surface area contributed by atoms with Crippen LogP contribution in [0, 0.1) is 0 Å². The first-order valence-electron chi connectivity index (χ1n) is 5.62. The van der Waals surface area contributed by atoms with E-state index in [9.17, 15) is 4.79 Å². The molecular weight excluding hydrogens is 204 g/mol. The fourth-order valence-electron chi connectivity index (χ4n) is 2.35. The average Bonchev–Trinajstić information content (AvgIpc) is 2.74. The molecule has 4 nitrogen and oxygen atoms in total. The summed E-state index contributed by atoms with van der Waals surface area (Å²) in [6, 6.07) is 8.04. The number of carbonyl (C=O) groups is 1. The number of rotatable bonds is 1. The molecule has 0 aliphatic carbocycles. The first-order chi connectivity index (χ1) is 7.86. The Morgan fingerprint density at radius 2 is 2.25 bits per heavy atom. The molecule has 84 valence electrons. The second-order valence-corrected chi connectivity index (χ2v) is 4.14. The third-order valence-electron chi connectivity index (χ3n) is 3.16. The van der Waals surface area contributed by atoms with Gasteiger partial charge in [-0.2, -0.15) is 0 Å². The number of amides is 2. The summed E-state index contributed by atoms with van der Waals surface area (Å²) in [4.78, 5) is 13.6. The SMILES string of the molecule is O=C1NCCCN1C1COc2ccccc21. The molecule has 2 aliphatic heterocycles. The van der Waals surface area contributed by atoms with E-state index in [2.05, 4.69) is 5.32 Å². The van der Waals surface area contributed by atoms with Gasteiger partial charge in [-0.1, -0.05) is 18.2 Å². The fraction of sp³-hybridized carbons (Fsp3) is 0.417. The third-order valence-corrected chi connectivity index (χ3v) is 3.16. The van der Waals surface area contributed by atoms with Crippen molar-refractivity contribution in [1.82, 2.24) is 10.2 Å². The van der Waals surface area contributed by atoms with Crippen molar-refractivity contribution in [3.05, 3.63) is 29.8 Å². The van der Waals surface area contributed by atoms with Gasteiger partial charge in [0.25, 0.3) is 0 Å². The first-order valence-corrected chi connectivity index (χ1v) is 5.62. The molecule has 1 saturated heterocycles. The first kappa shape index (κ1) is 9.51. The third kappa shape index (κ3) is 1.41. The second kappa shape index (κ2) is 3.70. The van der Waals surface area contributed by atoms with E-state index in [0.29, 0.717) is 6.61 Å². The van der Waals surface area contributed by atoms with Gasteiger partial charge in [0.05, 0.1) is 6.04 Å². The maximum Gasteiger partial charge on any atom is 0.318 e. The summed E-state index contributed by atoms with van der Waals surface area (Å²) in [6.45, 7) is 2.17. The molecule has 4 heteroatoms. The highest BCUT2D eigenvalue weighted by Gasteiger charge is 2.33. The van der Waals surface area contributed by atoms with Gasteiger partial charge in [-0.3, -0.25) is 0 Å². The zero-order valence-corrected chi connectivity index (χ0v) is 8.98. The Hall–Kier alpha value is -1.71. The van der Waals surface area contributed by atoms with Gasteiger partial charge in [0.2, 0.25) is 0 Å². The van der Waals surface area contributed by atoms with Crippen LogP contribution in [0.1, 0.15) is 18.0 Å². The normalized spacial score (nSPS) is 23.6. The number of benzene rings is 1. The minimum absolute atomic E-state index is 0.0246. The van der Waals surface area contributed by atoms with Gasteiger partial charge in [-0.05, 0) is 12.5 Å². The monoisotopic (exact) mass is 218 g/mol. The zero-order chi connectivity index (χ0) is 11.0.